The van der Waals surface area contributed by atoms with E-state index in [9.17, 15) is 22.8 Å². The van der Waals surface area contributed by atoms with E-state index in [0.29, 0.717) is 11.3 Å². The van der Waals surface area contributed by atoms with Gasteiger partial charge in [0.25, 0.3) is 0 Å². The van der Waals surface area contributed by atoms with E-state index in [2.05, 4.69) is 0 Å². The molecule has 1 aliphatic rings. The van der Waals surface area contributed by atoms with Crippen LogP contribution in [0.2, 0.25) is 0 Å². The summed E-state index contributed by atoms with van der Waals surface area (Å²) in [6, 6.07) is -1.00. The number of nitrogens with zero attached hydrogens (tertiary/aromatic N) is 1. The van der Waals surface area contributed by atoms with Crippen molar-refractivity contribution in [2.24, 2.45) is 0 Å². The lowest BCUT2D eigenvalue weighted by Gasteiger charge is -2.23. The number of likely N-dealkylation sites (tertiary alicyclic amines) is 1. The molecule has 1 rings (SSSR count). The molecule has 0 aromatic heterocycles. The second-order valence-electron chi connectivity index (χ2n) is 3.25. The molecule has 7 heteroatoms. The first-order chi connectivity index (χ1) is 6.88. The Morgan fingerprint density at radius 2 is 2.00 bits per heavy atom. The lowest BCUT2D eigenvalue weighted by Crippen LogP contribution is -2.47. The maximum Gasteiger partial charge on any atom is 0.471 e. The number of ketones is 1. The van der Waals surface area contributed by atoms with Gasteiger partial charge in [-0.1, -0.05) is 0 Å². The average molecular weight is 244 g/mol. The molecule has 0 unspecified atom stereocenters. The highest BCUT2D eigenvalue weighted by molar-refractivity contribution is 6.28. The minimum Gasteiger partial charge on any atom is -0.325 e. The van der Waals surface area contributed by atoms with Crippen LogP contribution in [0.15, 0.2) is 0 Å². The van der Waals surface area contributed by atoms with E-state index in [4.69, 9.17) is 11.6 Å². The third-order valence-electron chi connectivity index (χ3n) is 2.26. The predicted octanol–water partition coefficient (Wildman–Crippen LogP) is 1.35. The average Bonchev–Trinajstić information content (AvgIpc) is 2.62. The van der Waals surface area contributed by atoms with Gasteiger partial charge < -0.3 is 4.90 Å². The van der Waals surface area contributed by atoms with Crippen LogP contribution in [0.4, 0.5) is 13.2 Å². The standard InChI is InChI=1S/C8H9ClF3NO2/c9-4-6(14)5-2-1-3-13(5)7(15)8(10,11)12/h5H,1-4H2/t5-/m1/s1. The van der Waals surface area contributed by atoms with E-state index < -0.39 is 23.9 Å². The Balaban J connectivity index is 2.77. The number of halogens is 4. The van der Waals surface area contributed by atoms with E-state index in [0.717, 1.165) is 0 Å². The van der Waals surface area contributed by atoms with Crippen LogP contribution in [0.3, 0.4) is 0 Å². The number of hydrogen-bond donors (Lipinski definition) is 0. The minimum atomic E-state index is -4.92. The molecule has 1 heterocycles. The molecule has 1 saturated heterocycles. The largest absolute Gasteiger partial charge is 0.471 e. The molecule has 0 radical (unpaired) electrons. The Bertz CT molecular complexity index is 280. The normalized spacial score (nSPS) is 21.9. The first-order valence-electron chi connectivity index (χ1n) is 4.34. The van der Waals surface area contributed by atoms with E-state index in [1.54, 1.807) is 0 Å². The fraction of sp³-hybridized carbons (Fsp3) is 0.750. The quantitative estimate of drug-likeness (QED) is 0.687. The first-order valence-corrected chi connectivity index (χ1v) is 4.88. The summed E-state index contributed by atoms with van der Waals surface area (Å²) in [5.74, 6) is -2.86. The first kappa shape index (κ1) is 12.3. The van der Waals surface area contributed by atoms with Crippen LogP contribution in [0.1, 0.15) is 12.8 Å². The van der Waals surface area contributed by atoms with Crippen LogP contribution in [0.25, 0.3) is 0 Å². The number of hydrogen-bond acceptors (Lipinski definition) is 2. The smallest absolute Gasteiger partial charge is 0.325 e. The fourth-order valence-corrected chi connectivity index (χ4v) is 1.77. The van der Waals surface area contributed by atoms with Crippen LogP contribution in [-0.4, -0.2) is 41.2 Å². The maximum atomic E-state index is 12.1. The van der Waals surface area contributed by atoms with Crippen LogP contribution >= 0.6 is 11.6 Å². The summed E-state index contributed by atoms with van der Waals surface area (Å²) < 4.78 is 36.3. The SMILES string of the molecule is O=C(CCl)[C@H]1CCCN1C(=O)C(F)(F)F. The van der Waals surface area contributed by atoms with Gasteiger partial charge in [0.1, 0.15) is 0 Å². The summed E-state index contributed by atoms with van der Waals surface area (Å²) in [7, 11) is 0. The number of Topliss-reactive ketones (excluding diaryl/α,β-unsaturated/α-hetero) is 1. The zero-order valence-corrected chi connectivity index (χ0v) is 8.44. The zero-order valence-electron chi connectivity index (χ0n) is 7.68. The van der Waals surface area contributed by atoms with Gasteiger partial charge in [-0.05, 0) is 12.8 Å². The van der Waals surface area contributed by atoms with Crippen molar-refractivity contribution in [1.82, 2.24) is 4.90 Å². The van der Waals surface area contributed by atoms with Crippen molar-refractivity contribution in [3.63, 3.8) is 0 Å². The molecule has 3 nitrogen and oxygen atoms in total. The fourth-order valence-electron chi connectivity index (χ4n) is 1.60. The van der Waals surface area contributed by atoms with Gasteiger partial charge >= 0.3 is 12.1 Å². The summed E-state index contributed by atoms with van der Waals surface area (Å²) >= 11 is 5.25. The zero-order chi connectivity index (χ0) is 11.6. The van der Waals surface area contributed by atoms with Gasteiger partial charge in [0.05, 0.1) is 11.9 Å². The highest BCUT2D eigenvalue weighted by Gasteiger charge is 2.47. The van der Waals surface area contributed by atoms with Gasteiger partial charge in [0.2, 0.25) is 0 Å². The number of carbonyl (C=O) groups excluding carboxylic acids is 2. The third-order valence-corrected chi connectivity index (χ3v) is 2.52. The van der Waals surface area contributed by atoms with Crippen molar-refractivity contribution in [1.29, 1.82) is 0 Å². The van der Waals surface area contributed by atoms with Crippen molar-refractivity contribution in [3.05, 3.63) is 0 Å². The topological polar surface area (TPSA) is 37.4 Å². The van der Waals surface area contributed by atoms with Gasteiger partial charge in [-0.25, -0.2) is 0 Å². The van der Waals surface area contributed by atoms with Crippen molar-refractivity contribution in [2.45, 2.75) is 25.1 Å². The van der Waals surface area contributed by atoms with Crippen LogP contribution in [0.5, 0.6) is 0 Å². The second-order valence-corrected chi connectivity index (χ2v) is 3.52. The van der Waals surface area contributed by atoms with Crippen molar-refractivity contribution < 1.29 is 22.8 Å². The molecule has 1 aliphatic heterocycles. The Morgan fingerprint density at radius 1 is 1.40 bits per heavy atom. The molecule has 86 valence electrons. The van der Waals surface area contributed by atoms with Gasteiger partial charge in [-0.2, -0.15) is 13.2 Å². The molecule has 1 amide bonds. The van der Waals surface area contributed by atoms with E-state index in [1.807, 2.05) is 0 Å². The van der Waals surface area contributed by atoms with Gasteiger partial charge in [0, 0.05) is 6.54 Å². The predicted molar refractivity (Wildman–Crippen MR) is 46.5 cm³/mol. The van der Waals surface area contributed by atoms with Crippen LogP contribution < -0.4 is 0 Å². The molecule has 0 bridgehead atoms. The van der Waals surface area contributed by atoms with Crippen LogP contribution in [0, 0.1) is 0 Å². The summed E-state index contributed by atoms with van der Waals surface area (Å²) in [6.45, 7) is -0.0361. The lowest BCUT2D eigenvalue weighted by molar-refractivity contribution is -0.186. The molecule has 1 atom stereocenters. The highest BCUT2D eigenvalue weighted by Crippen LogP contribution is 2.26. The third kappa shape index (κ3) is 2.62. The summed E-state index contributed by atoms with van der Waals surface area (Å²) in [5, 5.41) is 0. The minimum absolute atomic E-state index is 0.0361. The Kier molecular flexibility index (Phi) is 3.59. The molecular formula is C8H9ClF3NO2. The molecule has 15 heavy (non-hydrogen) atoms. The number of amides is 1. The van der Waals surface area contributed by atoms with E-state index >= 15 is 0 Å². The molecular weight excluding hydrogens is 235 g/mol. The van der Waals surface area contributed by atoms with Gasteiger partial charge in [0.15, 0.2) is 5.78 Å². The molecule has 0 aromatic carbocycles. The van der Waals surface area contributed by atoms with Crippen LogP contribution in [-0.2, 0) is 9.59 Å². The van der Waals surface area contributed by atoms with E-state index in [-0.39, 0.29) is 18.8 Å². The van der Waals surface area contributed by atoms with E-state index in [1.165, 1.54) is 0 Å². The number of alkyl halides is 4. The number of rotatable bonds is 2. The summed E-state index contributed by atoms with van der Waals surface area (Å²) in [4.78, 5) is 22.6. The van der Waals surface area contributed by atoms with Crippen molar-refractivity contribution in [2.75, 3.05) is 12.4 Å². The Morgan fingerprint density at radius 3 is 2.47 bits per heavy atom. The van der Waals surface area contributed by atoms with Crippen molar-refractivity contribution in [3.8, 4) is 0 Å². The molecule has 1 fully saturated rings. The summed E-state index contributed by atoms with van der Waals surface area (Å²) in [6.07, 6.45) is -4.27. The maximum absolute atomic E-state index is 12.1. The molecule has 0 saturated carbocycles. The molecule has 0 spiro atoms. The molecule has 0 aromatic rings. The number of carbonyl (C=O) groups is 2. The van der Waals surface area contributed by atoms with Crippen molar-refractivity contribution >= 4 is 23.3 Å². The molecule has 0 aliphatic carbocycles. The Labute approximate surface area is 89.2 Å². The van der Waals surface area contributed by atoms with Gasteiger partial charge in [-0.3, -0.25) is 9.59 Å². The Hall–Kier alpha value is -0.780. The monoisotopic (exact) mass is 243 g/mol. The van der Waals surface area contributed by atoms with Gasteiger partial charge in [-0.15, -0.1) is 11.6 Å². The lowest BCUT2D eigenvalue weighted by atomic mass is 10.1. The second kappa shape index (κ2) is 4.38. The molecule has 0 N–H and O–H groups in total. The summed E-state index contributed by atoms with van der Waals surface area (Å²) in [5.41, 5.74) is 0. The highest BCUT2D eigenvalue weighted by atomic mass is 35.5.